The quantitative estimate of drug-likeness (QED) is 0.200. The summed E-state index contributed by atoms with van der Waals surface area (Å²) in [6, 6.07) is 57.8. The van der Waals surface area contributed by atoms with Crippen molar-refractivity contribution in [1.29, 1.82) is 0 Å². The van der Waals surface area contributed by atoms with Gasteiger partial charge in [0.15, 0.2) is 11.4 Å². The Bertz CT molecular complexity index is 2530. The van der Waals surface area contributed by atoms with E-state index in [2.05, 4.69) is 163 Å². The van der Waals surface area contributed by atoms with Crippen molar-refractivity contribution < 1.29 is 4.42 Å². The number of aromatic nitrogens is 1. The van der Waals surface area contributed by atoms with Crippen molar-refractivity contribution in [3.63, 3.8) is 0 Å². The molecule has 0 saturated carbocycles. The summed E-state index contributed by atoms with van der Waals surface area (Å²) in [5.74, 6) is 0.751. The summed E-state index contributed by atoms with van der Waals surface area (Å²) in [4.78, 5) is 7.19. The lowest BCUT2D eigenvalue weighted by Crippen LogP contribution is -2.12. The summed E-state index contributed by atoms with van der Waals surface area (Å²) in [5, 5.41) is 6.94. The van der Waals surface area contributed by atoms with Crippen molar-refractivity contribution in [2.45, 2.75) is 0 Å². The Morgan fingerprint density at radius 1 is 0.435 bits per heavy atom. The van der Waals surface area contributed by atoms with Gasteiger partial charge >= 0.3 is 0 Å². The van der Waals surface area contributed by atoms with Gasteiger partial charge in [0.2, 0.25) is 0 Å². The Kier molecular flexibility index (Phi) is 6.14. The number of fused-ring (bicyclic) bond motifs is 5. The van der Waals surface area contributed by atoms with Crippen LogP contribution in [-0.4, -0.2) is 4.98 Å². The zero-order valence-corrected chi connectivity index (χ0v) is 25.0. The van der Waals surface area contributed by atoms with Crippen molar-refractivity contribution >= 4 is 60.7 Å². The molecule has 2 aromatic heterocycles. The molecule has 0 bridgehead atoms. The van der Waals surface area contributed by atoms with Crippen LogP contribution in [0.1, 0.15) is 0 Å². The van der Waals surface area contributed by atoms with Crippen LogP contribution in [0.4, 0.5) is 17.2 Å². The third-order valence-corrected chi connectivity index (χ3v) is 8.89. The fourth-order valence-corrected chi connectivity index (χ4v) is 6.65. The van der Waals surface area contributed by atoms with Crippen LogP contribution in [0.3, 0.4) is 0 Å². The summed E-state index contributed by atoms with van der Waals surface area (Å²) in [5.41, 5.74) is 8.30. The number of benzene rings is 7. The molecule has 0 amide bonds. The molecular weight excluding hydrogens is 560 g/mol. The van der Waals surface area contributed by atoms with Crippen LogP contribution in [0.5, 0.6) is 0 Å². The zero-order valence-electron chi connectivity index (χ0n) is 25.0. The topological polar surface area (TPSA) is 29.3 Å². The number of nitrogens with zero attached hydrogens (tertiary/aromatic N) is 2. The number of furan rings is 1. The average molecular weight is 589 g/mol. The highest BCUT2D eigenvalue weighted by Gasteiger charge is 2.21. The summed E-state index contributed by atoms with van der Waals surface area (Å²) in [7, 11) is 0. The Morgan fingerprint density at radius 2 is 1.13 bits per heavy atom. The average Bonchev–Trinajstić information content (AvgIpc) is 3.49. The highest BCUT2D eigenvalue weighted by Crippen LogP contribution is 2.43. The molecule has 9 aromatic rings. The molecule has 0 N–H and O–H groups in total. The lowest BCUT2D eigenvalue weighted by atomic mass is 9.98. The molecule has 0 aliphatic heterocycles. The van der Waals surface area contributed by atoms with Crippen LogP contribution in [0, 0.1) is 0 Å². The highest BCUT2D eigenvalue weighted by atomic mass is 16.3. The maximum absolute atomic E-state index is 6.67. The number of hydrogen-bond donors (Lipinski definition) is 0. The highest BCUT2D eigenvalue weighted by molar-refractivity contribution is 6.13. The standard InChI is InChI=1S/C43H28N2O/c1-2-10-29(11-3-1)32-16-8-17-36(26-32)45(35-22-20-31(21-23-35)38-19-9-15-30-12-6-7-18-37(30)38)43-42-39(24-25-44-43)40-27-33-13-4-5-14-34(33)28-41(40)46-42/h1-28H. The number of hydrogen-bond acceptors (Lipinski definition) is 3. The molecular formula is C43H28N2O. The number of pyridine rings is 1. The Balaban J connectivity index is 1.24. The van der Waals surface area contributed by atoms with Gasteiger partial charge in [-0.15, -0.1) is 0 Å². The van der Waals surface area contributed by atoms with Gasteiger partial charge in [0.25, 0.3) is 0 Å². The second-order valence-corrected chi connectivity index (χ2v) is 11.6. The maximum Gasteiger partial charge on any atom is 0.181 e. The van der Waals surface area contributed by atoms with Crippen molar-refractivity contribution in [1.82, 2.24) is 4.98 Å². The lowest BCUT2D eigenvalue weighted by Gasteiger charge is -2.25. The van der Waals surface area contributed by atoms with E-state index in [1.54, 1.807) is 0 Å². The number of rotatable bonds is 5. The second-order valence-electron chi connectivity index (χ2n) is 11.6. The van der Waals surface area contributed by atoms with E-state index in [0.717, 1.165) is 55.6 Å². The Labute approximate surface area is 266 Å². The van der Waals surface area contributed by atoms with Crippen molar-refractivity contribution in [3.8, 4) is 22.3 Å². The van der Waals surface area contributed by atoms with Gasteiger partial charge in [0, 0.05) is 28.3 Å². The smallest absolute Gasteiger partial charge is 0.181 e. The van der Waals surface area contributed by atoms with E-state index in [1.165, 1.54) is 27.3 Å². The van der Waals surface area contributed by atoms with Crippen LogP contribution in [0.25, 0.3) is 65.7 Å². The number of anilines is 3. The second kappa shape index (κ2) is 10.8. The molecule has 0 radical (unpaired) electrons. The van der Waals surface area contributed by atoms with Gasteiger partial charge in [-0.05, 0) is 86.3 Å². The van der Waals surface area contributed by atoms with Gasteiger partial charge in [-0.1, -0.05) is 121 Å². The molecule has 9 rings (SSSR count). The first kappa shape index (κ1) is 26.2. The van der Waals surface area contributed by atoms with E-state index in [0.29, 0.717) is 0 Å². The predicted molar refractivity (Wildman–Crippen MR) is 192 cm³/mol. The van der Waals surface area contributed by atoms with Crippen molar-refractivity contribution in [2.24, 2.45) is 0 Å². The molecule has 46 heavy (non-hydrogen) atoms. The first-order valence-electron chi connectivity index (χ1n) is 15.5. The minimum Gasteiger partial charge on any atom is -0.452 e. The van der Waals surface area contributed by atoms with Gasteiger partial charge in [0.1, 0.15) is 5.58 Å². The fraction of sp³-hybridized carbons (Fsp3) is 0. The molecule has 0 spiro atoms. The lowest BCUT2D eigenvalue weighted by molar-refractivity contribution is 0.667. The van der Waals surface area contributed by atoms with E-state index < -0.39 is 0 Å². The van der Waals surface area contributed by atoms with Gasteiger partial charge in [-0.3, -0.25) is 4.90 Å². The maximum atomic E-state index is 6.67. The molecule has 2 heterocycles. The molecule has 0 unspecified atom stereocenters. The molecule has 0 aliphatic rings. The van der Waals surface area contributed by atoms with Gasteiger partial charge in [0.05, 0.1) is 0 Å². The first-order valence-corrected chi connectivity index (χ1v) is 15.5. The van der Waals surface area contributed by atoms with Crippen LogP contribution in [0.15, 0.2) is 174 Å². The summed E-state index contributed by atoms with van der Waals surface area (Å²) >= 11 is 0. The van der Waals surface area contributed by atoms with Gasteiger partial charge in [-0.25, -0.2) is 4.98 Å². The van der Waals surface area contributed by atoms with Crippen LogP contribution in [0.2, 0.25) is 0 Å². The molecule has 3 nitrogen and oxygen atoms in total. The van der Waals surface area contributed by atoms with E-state index in [9.17, 15) is 0 Å². The van der Waals surface area contributed by atoms with Crippen LogP contribution < -0.4 is 4.90 Å². The monoisotopic (exact) mass is 588 g/mol. The molecule has 0 fully saturated rings. The van der Waals surface area contributed by atoms with E-state index >= 15 is 0 Å². The molecule has 0 aliphatic carbocycles. The first-order chi connectivity index (χ1) is 22.8. The molecule has 0 atom stereocenters. The van der Waals surface area contributed by atoms with E-state index in [-0.39, 0.29) is 0 Å². The minimum absolute atomic E-state index is 0.751. The Hall–Kier alpha value is -6.19. The third-order valence-electron chi connectivity index (χ3n) is 8.89. The van der Waals surface area contributed by atoms with Gasteiger partial charge in [-0.2, -0.15) is 0 Å². The zero-order chi connectivity index (χ0) is 30.5. The normalized spacial score (nSPS) is 11.5. The summed E-state index contributed by atoms with van der Waals surface area (Å²) in [6.45, 7) is 0. The van der Waals surface area contributed by atoms with E-state index in [4.69, 9.17) is 9.40 Å². The van der Waals surface area contributed by atoms with E-state index in [1.807, 2.05) is 12.3 Å². The van der Waals surface area contributed by atoms with Crippen LogP contribution in [-0.2, 0) is 0 Å². The summed E-state index contributed by atoms with van der Waals surface area (Å²) < 4.78 is 6.67. The largest absolute Gasteiger partial charge is 0.452 e. The SMILES string of the molecule is c1ccc(-c2cccc(N(c3ccc(-c4cccc5ccccc45)cc3)c3nccc4c3oc3cc5ccccc5cc34)c2)cc1. The minimum atomic E-state index is 0.751. The van der Waals surface area contributed by atoms with Crippen LogP contribution >= 0.6 is 0 Å². The van der Waals surface area contributed by atoms with Crippen molar-refractivity contribution in [3.05, 3.63) is 170 Å². The molecule has 216 valence electrons. The van der Waals surface area contributed by atoms with Gasteiger partial charge < -0.3 is 4.42 Å². The molecule has 0 saturated heterocycles. The Morgan fingerprint density at radius 3 is 1.98 bits per heavy atom. The molecule has 7 aromatic carbocycles. The molecule has 3 heteroatoms. The predicted octanol–water partition coefficient (Wildman–Crippen LogP) is 12.1. The van der Waals surface area contributed by atoms with Crippen molar-refractivity contribution in [2.75, 3.05) is 4.90 Å². The fourth-order valence-electron chi connectivity index (χ4n) is 6.65. The summed E-state index contributed by atoms with van der Waals surface area (Å²) in [6.07, 6.45) is 1.89. The third kappa shape index (κ3) is 4.41.